The first kappa shape index (κ1) is 20.5. The van der Waals surface area contributed by atoms with Gasteiger partial charge in [-0.3, -0.25) is 0 Å². The predicted molar refractivity (Wildman–Crippen MR) is 98.8 cm³/mol. The van der Waals surface area contributed by atoms with Gasteiger partial charge < -0.3 is 0 Å². The molecule has 0 fully saturated rings. The highest BCUT2D eigenvalue weighted by Crippen LogP contribution is 2.13. The summed E-state index contributed by atoms with van der Waals surface area (Å²) < 4.78 is 0. The lowest BCUT2D eigenvalue weighted by Gasteiger charge is -2.03. The van der Waals surface area contributed by atoms with E-state index in [-0.39, 0.29) is 8.83 Å². The molecule has 0 aliphatic rings. The minimum Gasteiger partial charge on any atom is -0.176 e. The quantitative estimate of drug-likeness (QED) is 0.154. The second kappa shape index (κ2) is 19.5. The first-order valence-electron chi connectivity index (χ1n) is 9.47. The molecule has 0 N–H and O–H groups in total. The molecule has 0 saturated carbocycles. The van der Waals surface area contributed by atoms with Gasteiger partial charge in [0.15, 0.2) is 0 Å². The average Bonchev–Trinajstić information content (AvgIpc) is 2.47. The number of halogens is 1. The molecule has 0 unspecified atom stereocenters. The molecule has 2 heteroatoms. The van der Waals surface area contributed by atoms with E-state index in [0.717, 1.165) is 0 Å². The SMILES string of the molecule is CCCCCCCCCCCCCCCCCC[SiH2]Cl. The van der Waals surface area contributed by atoms with Gasteiger partial charge in [-0.25, -0.2) is 0 Å². The summed E-state index contributed by atoms with van der Waals surface area (Å²) >= 11 is 5.81. The fraction of sp³-hybridized carbons (Fsp3) is 1.00. The Labute approximate surface area is 136 Å². The van der Waals surface area contributed by atoms with Crippen molar-refractivity contribution in [3.8, 4) is 0 Å². The van der Waals surface area contributed by atoms with Crippen molar-refractivity contribution in [3.05, 3.63) is 0 Å². The summed E-state index contributed by atoms with van der Waals surface area (Å²) in [5.41, 5.74) is 0. The molecule has 0 atom stereocenters. The van der Waals surface area contributed by atoms with E-state index < -0.39 is 0 Å². The van der Waals surface area contributed by atoms with Crippen LogP contribution in [0.2, 0.25) is 6.04 Å². The van der Waals surface area contributed by atoms with E-state index in [0.29, 0.717) is 0 Å². The molecular formula is C18H39ClSi. The molecule has 0 aliphatic heterocycles. The summed E-state index contributed by atoms with van der Waals surface area (Å²) in [6, 6.07) is 1.35. The molecule has 0 amide bonds. The van der Waals surface area contributed by atoms with Gasteiger partial charge in [-0.05, 0) is 6.04 Å². The zero-order chi connectivity index (χ0) is 14.7. The van der Waals surface area contributed by atoms with Crippen molar-refractivity contribution in [1.82, 2.24) is 0 Å². The van der Waals surface area contributed by atoms with Crippen LogP contribution in [0.1, 0.15) is 110 Å². The van der Waals surface area contributed by atoms with Gasteiger partial charge in [-0.15, -0.1) is 0 Å². The predicted octanol–water partition coefficient (Wildman–Crippen LogP) is 6.99. The molecule has 0 heterocycles. The van der Waals surface area contributed by atoms with Crippen LogP contribution in [-0.4, -0.2) is 8.83 Å². The van der Waals surface area contributed by atoms with E-state index in [4.69, 9.17) is 11.1 Å². The van der Waals surface area contributed by atoms with Gasteiger partial charge in [-0.1, -0.05) is 110 Å². The van der Waals surface area contributed by atoms with Crippen molar-refractivity contribution in [1.29, 1.82) is 0 Å². The van der Waals surface area contributed by atoms with Crippen molar-refractivity contribution in [2.45, 2.75) is 116 Å². The fourth-order valence-corrected chi connectivity index (χ4v) is 3.93. The van der Waals surface area contributed by atoms with Gasteiger partial charge in [0, 0.05) is 0 Å². The van der Waals surface area contributed by atoms with Crippen LogP contribution in [0.4, 0.5) is 0 Å². The second-order valence-corrected chi connectivity index (χ2v) is 8.56. The molecule has 0 radical (unpaired) electrons. The minimum absolute atomic E-state index is 0.178. The highest BCUT2D eigenvalue weighted by atomic mass is 35.6. The van der Waals surface area contributed by atoms with E-state index in [1.54, 1.807) is 0 Å². The Morgan fingerprint density at radius 3 is 1.10 bits per heavy atom. The molecule has 0 aromatic carbocycles. The Kier molecular flexibility index (Phi) is 20.0. The normalized spacial score (nSPS) is 11.7. The zero-order valence-corrected chi connectivity index (χ0v) is 16.3. The maximum Gasteiger partial charge on any atom is 0.125 e. The Balaban J connectivity index is 2.89. The summed E-state index contributed by atoms with van der Waals surface area (Å²) in [6.45, 7) is 2.29. The van der Waals surface area contributed by atoms with Gasteiger partial charge >= 0.3 is 0 Å². The Hall–Kier alpha value is 0.507. The van der Waals surface area contributed by atoms with Crippen molar-refractivity contribution in [2.75, 3.05) is 0 Å². The third-order valence-electron chi connectivity index (χ3n) is 4.24. The number of hydrogen-bond acceptors (Lipinski definition) is 0. The number of rotatable bonds is 17. The van der Waals surface area contributed by atoms with Crippen LogP contribution >= 0.6 is 11.1 Å². The van der Waals surface area contributed by atoms with Gasteiger partial charge in [0.1, 0.15) is 8.83 Å². The van der Waals surface area contributed by atoms with Gasteiger partial charge in [0.25, 0.3) is 0 Å². The summed E-state index contributed by atoms with van der Waals surface area (Å²) in [5, 5.41) is 0. The molecule has 0 nitrogen and oxygen atoms in total. The topological polar surface area (TPSA) is 0 Å². The van der Waals surface area contributed by atoms with Crippen molar-refractivity contribution in [3.63, 3.8) is 0 Å². The molecule has 0 saturated heterocycles. The van der Waals surface area contributed by atoms with E-state index in [9.17, 15) is 0 Å². The first-order chi connectivity index (χ1) is 9.91. The van der Waals surface area contributed by atoms with Gasteiger partial charge in [-0.2, -0.15) is 11.1 Å². The van der Waals surface area contributed by atoms with E-state index in [1.807, 2.05) is 0 Å². The van der Waals surface area contributed by atoms with Crippen molar-refractivity contribution < 1.29 is 0 Å². The lowest BCUT2D eigenvalue weighted by molar-refractivity contribution is 0.531. The fourth-order valence-electron chi connectivity index (χ4n) is 2.82. The molecule has 122 valence electrons. The molecule has 0 bridgehead atoms. The smallest absolute Gasteiger partial charge is 0.125 e. The maximum absolute atomic E-state index is 5.81. The lowest BCUT2D eigenvalue weighted by Crippen LogP contribution is -1.84. The minimum atomic E-state index is -0.178. The highest BCUT2D eigenvalue weighted by molar-refractivity contribution is 6.93. The van der Waals surface area contributed by atoms with E-state index in [2.05, 4.69) is 6.92 Å². The third-order valence-corrected chi connectivity index (χ3v) is 5.81. The van der Waals surface area contributed by atoms with E-state index >= 15 is 0 Å². The average molecular weight is 319 g/mol. The van der Waals surface area contributed by atoms with Crippen LogP contribution < -0.4 is 0 Å². The van der Waals surface area contributed by atoms with Crippen LogP contribution in [0.5, 0.6) is 0 Å². The number of unbranched alkanes of at least 4 members (excludes halogenated alkanes) is 15. The van der Waals surface area contributed by atoms with Crippen LogP contribution in [0.15, 0.2) is 0 Å². The maximum atomic E-state index is 5.81. The monoisotopic (exact) mass is 318 g/mol. The second-order valence-electron chi connectivity index (χ2n) is 6.35. The molecule has 0 spiro atoms. The van der Waals surface area contributed by atoms with Crippen LogP contribution in [0, 0.1) is 0 Å². The van der Waals surface area contributed by atoms with Crippen LogP contribution in [0.3, 0.4) is 0 Å². The summed E-state index contributed by atoms with van der Waals surface area (Å²) in [7, 11) is -0.178. The van der Waals surface area contributed by atoms with E-state index in [1.165, 1.54) is 109 Å². The lowest BCUT2D eigenvalue weighted by atomic mass is 10.0. The van der Waals surface area contributed by atoms with Crippen LogP contribution in [-0.2, 0) is 0 Å². The Bertz CT molecular complexity index is 143. The van der Waals surface area contributed by atoms with Crippen molar-refractivity contribution in [2.24, 2.45) is 0 Å². The standard InChI is InChI=1S/C18H39ClSi/c1-2-3-4-5-6-7-8-9-10-11-12-13-14-15-16-17-18-20-19/h2-18,20H2,1H3. The largest absolute Gasteiger partial charge is 0.176 e. The van der Waals surface area contributed by atoms with Gasteiger partial charge in [0.05, 0.1) is 0 Å². The zero-order valence-electron chi connectivity index (χ0n) is 14.1. The summed E-state index contributed by atoms with van der Waals surface area (Å²) in [6.07, 6.45) is 23.3. The highest BCUT2D eigenvalue weighted by Gasteiger charge is 1.94. The molecule has 0 aromatic rings. The van der Waals surface area contributed by atoms with Gasteiger partial charge in [0.2, 0.25) is 0 Å². The molecule has 20 heavy (non-hydrogen) atoms. The Morgan fingerprint density at radius 1 is 0.500 bits per heavy atom. The molecule has 0 aliphatic carbocycles. The third kappa shape index (κ3) is 18.5. The number of hydrogen-bond donors (Lipinski definition) is 0. The molecule has 0 aromatic heterocycles. The van der Waals surface area contributed by atoms with Crippen molar-refractivity contribution >= 4 is 19.9 Å². The van der Waals surface area contributed by atoms with Crippen LogP contribution in [0.25, 0.3) is 0 Å². The summed E-state index contributed by atoms with van der Waals surface area (Å²) in [4.78, 5) is 0. The summed E-state index contributed by atoms with van der Waals surface area (Å²) in [5.74, 6) is 0. The molecule has 0 rings (SSSR count). The first-order valence-corrected chi connectivity index (χ1v) is 12.6. The Morgan fingerprint density at radius 2 is 0.800 bits per heavy atom. The molecular weight excluding hydrogens is 280 g/mol.